The third-order valence-electron chi connectivity index (χ3n) is 2.32. The van der Waals surface area contributed by atoms with Gasteiger partial charge in [-0.2, -0.15) is 0 Å². The van der Waals surface area contributed by atoms with E-state index in [4.69, 9.17) is 4.74 Å². The van der Waals surface area contributed by atoms with Gasteiger partial charge in [0.25, 0.3) is 5.91 Å². The van der Waals surface area contributed by atoms with Crippen LogP contribution in [0.4, 0.5) is 0 Å². The van der Waals surface area contributed by atoms with Crippen molar-refractivity contribution in [3.8, 4) is 0 Å². The molecule has 1 rings (SSSR count). The molecule has 98 valence electrons. The second-order valence-electron chi connectivity index (χ2n) is 3.89. The van der Waals surface area contributed by atoms with Gasteiger partial charge in [0.05, 0.1) is 13.2 Å². The first-order valence-electron chi connectivity index (χ1n) is 5.74. The van der Waals surface area contributed by atoms with Gasteiger partial charge in [0.15, 0.2) is 0 Å². The molecule has 2 N–H and O–H groups in total. The van der Waals surface area contributed by atoms with Crippen LogP contribution in [0, 0.1) is 6.92 Å². The van der Waals surface area contributed by atoms with Gasteiger partial charge in [-0.25, -0.2) is 0 Å². The van der Waals surface area contributed by atoms with E-state index in [2.05, 4.69) is 10.6 Å². The maximum absolute atomic E-state index is 11.7. The van der Waals surface area contributed by atoms with Crippen molar-refractivity contribution in [3.05, 3.63) is 35.4 Å². The van der Waals surface area contributed by atoms with Crippen LogP contribution in [0.25, 0.3) is 0 Å². The first-order valence-corrected chi connectivity index (χ1v) is 5.74. The zero-order valence-electron chi connectivity index (χ0n) is 10.7. The topological polar surface area (TPSA) is 67.4 Å². The largest absolute Gasteiger partial charge is 0.383 e. The summed E-state index contributed by atoms with van der Waals surface area (Å²) in [4.78, 5) is 23.1. The molecule has 18 heavy (non-hydrogen) atoms. The summed E-state index contributed by atoms with van der Waals surface area (Å²) in [6, 6.07) is 7.21. The van der Waals surface area contributed by atoms with Crippen molar-refractivity contribution in [1.29, 1.82) is 0 Å². The van der Waals surface area contributed by atoms with Gasteiger partial charge in [-0.1, -0.05) is 17.7 Å². The number of aryl methyl sites for hydroxylation is 1. The van der Waals surface area contributed by atoms with Crippen molar-refractivity contribution in [1.82, 2.24) is 10.6 Å². The fourth-order valence-electron chi connectivity index (χ4n) is 1.40. The van der Waals surface area contributed by atoms with Gasteiger partial charge in [-0.05, 0) is 19.1 Å². The van der Waals surface area contributed by atoms with Gasteiger partial charge in [-0.3, -0.25) is 9.59 Å². The van der Waals surface area contributed by atoms with E-state index in [1.165, 1.54) is 0 Å². The Bertz CT molecular complexity index is 418. The molecule has 0 aliphatic heterocycles. The average Bonchev–Trinajstić information content (AvgIpc) is 2.36. The minimum Gasteiger partial charge on any atom is -0.383 e. The standard InChI is InChI=1S/C13H18N2O3/c1-10-4-3-5-11(8-10)13(17)15-9-12(16)14-6-7-18-2/h3-5,8H,6-7,9H2,1-2H3,(H,14,16)(H,15,17). The van der Waals surface area contributed by atoms with Crippen LogP contribution < -0.4 is 10.6 Å². The molecule has 0 fully saturated rings. The molecule has 0 spiro atoms. The monoisotopic (exact) mass is 250 g/mol. The molecule has 0 aliphatic carbocycles. The molecule has 0 saturated carbocycles. The first kappa shape index (κ1) is 14.2. The quantitative estimate of drug-likeness (QED) is 0.722. The molecule has 5 nitrogen and oxygen atoms in total. The number of amides is 2. The highest BCUT2D eigenvalue weighted by molar-refractivity contribution is 5.96. The summed E-state index contributed by atoms with van der Waals surface area (Å²) in [5.41, 5.74) is 1.56. The van der Waals surface area contributed by atoms with E-state index in [9.17, 15) is 9.59 Å². The Kier molecular flexibility index (Phi) is 5.87. The highest BCUT2D eigenvalue weighted by Crippen LogP contribution is 2.03. The lowest BCUT2D eigenvalue weighted by atomic mass is 10.1. The summed E-state index contributed by atoms with van der Waals surface area (Å²) in [5, 5.41) is 5.18. The lowest BCUT2D eigenvalue weighted by Crippen LogP contribution is -2.38. The lowest BCUT2D eigenvalue weighted by Gasteiger charge is -2.07. The van der Waals surface area contributed by atoms with Crippen LogP contribution in [0.2, 0.25) is 0 Å². The summed E-state index contributed by atoms with van der Waals surface area (Å²) in [7, 11) is 1.56. The van der Waals surface area contributed by atoms with Crippen molar-refractivity contribution in [2.45, 2.75) is 6.92 Å². The maximum Gasteiger partial charge on any atom is 0.251 e. The van der Waals surface area contributed by atoms with Crippen molar-refractivity contribution >= 4 is 11.8 Å². The van der Waals surface area contributed by atoms with Crippen LogP contribution in [0.5, 0.6) is 0 Å². The smallest absolute Gasteiger partial charge is 0.251 e. The first-order chi connectivity index (χ1) is 8.63. The van der Waals surface area contributed by atoms with Crippen molar-refractivity contribution < 1.29 is 14.3 Å². The van der Waals surface area contributed by atoms with Crippen LogP contribution in [-0.2, 0) is 9.53 Å². The lowest BCUT2D eigenvalue weighted by molar-refractivity contribution is -0.120. The molecule has 1 aromatic carbocycles. The van der Waals surface area contributed by atoms with E-state index >= 15 is 0 Å². The third kappa shape index (κ3) is 4.97. The van der Waals surface area contributed by atoms with E-state index in [-0.39, 0.29) is 18.4 Å². The number of carbonyl (C=O) groups excluding carboxylic acids is 2. The Morgan fingerprint density at radius 2 is 2.06 bits per heavy atom. The molecule has 0 atom stereocenters. The van der Waals surface area contributed by atoms with Crippen LogP contribution in [0.1, 0.15) is 15.9 Å². The Labute approximate surface area is 107 Å². The summed E-state index contributed by atoms with van der Waals surface area (Å²) >= 11 is 0. The molecule has 2 amide bonds. The number of hydrogen-bond donors (Lipinski definition) is 2. The molecule has 1 aromatic rings. The van der Waals surface area contributed by atoms with E-state index in [0.717, 1.165) is 5.56 Å². The van der Waals surface area contributed by atoms with E-state index < -0.39 is 0 Å². The summed E-state index contributed by atoms with van der Waals surface area (Å²) in [5.74, 6) is -0.478. The maximum atomic E-state index is 11.7. The average molecular weight is 250 g/mol. The Morgan fingerprint density at radius 3 is 2.72 bits per heavy atom. The molecule has 0 unspecified atom stereocenters. The van der Waals surface area contributed by atoms with Gasteiger partial charge in [0.2, 0.25) is 5.91 Å². The van der Waals surface area contributed by atoms with Crippen LogP contribution >= 0.6 is 0 Å². The number of hydrogen-bond acceptors (Lipinski definition) is 3. The van der Waals surface area contributed by atoms with E-state index in [1.54, 1.807) is 19.2 Å². The van der Waals surface area contributed by atoms with Crippen LogP contribution in [0.3, 0.4) is 0 Å². The minimum atomic E-state index is -0.249. The summed E-state index contributed by atoms with van der Waals surface area (Å²) in [6.07, 6.45) is 0. The minimum absolute atomic E-state index is 0.0313. The molecule has 0 saturated heterocycles. The van der Waals surface area contributed by atoms with Crippen molar-refractivity contribution in [3.63, 3.8) is 0 Å². The fourth-order valence-corrected chi connectivity index (χ4v) is 1.40. The van der Waals surface area contributed by atoms with Gasteiger partial charge < -0.3 is 15.4 Å². The molecule has 5 heteroatoms. The van der Waals surface area contributed by atoms with Gasteiger partial charge in [0, 0.05) is 19.2 Å². The zero-order chi connectivity index (χ0) is 13.4. The predicted molar refractivity (Wildman–Crippen MR) is 68.4 cm³/mol. The molecular weight excluding hydrogens is 232 g/mol. The van der Waals surface area contributed by atoms with Crippen molar-refractivity contribution in [2.24, 2.45) is 0 Å². The SMILES string of the molecule is COCCNC(=O)CNC(=O)c1cccc(C)c1. The normalized spacial score (nSPS) is 9.89. The van der Waals surface area contributed by atoms with Crippen LogP contribution in [0.15, 0.2) is 24.3 Å². The molecule has 0 aromatic heterocycles. The highest BCUT2D eigenvalue weighted by atomic mass is 16.5. The zero-order valence-corrected chi connectivity index (χ0v) is 10.7. The van der Waals surface area contributed by atoms with Gasteiger partial charge in [0.1, 0.15) is 0 Å². The van der Waals surface area contributed by atoms with Crippen molar-refractivity contribution in [2.75, 3.05) is 26.8 Å². The summed E-state index contributed by atoms with van der Waals surface area (Å²) < 4.78 is 4.80. The number of methoxy groups -OCH3 is 1. The predicted octanol–water partition coefficient (Wildman–Crippen LogP) is 0.487. The highest BCUT2D eigenvalue weighted by Gasteiger charge is 2.07. The second-order valence-corrected chi connectivity index (χ2v) is 3.89. The van der Waals surface area contributed by atoms with E-state index in [0.29, 0.717) is 18.7 Å². The fraction of sp³-hybridized carbons (Fsp3) is 0.385. The number of rotatable bonds is 6. The van der Waals surface area contributed by atoms with Gasteiger partial charge in [-0.15, -0.1) is 0 Å². The number of nitrogens with one attached hydrogen (secondary N) is 2. The number of benzene rings is 1. The molecule has 0 radical (unpaired) electrons. The second kappa shape index (κ2) is 7.45. The molecular formula is C13H18N2O3. The Hall–Kier alpha value is -1.88. The number of carbonyl (C=O) groups is 2. The molecule has 0 heterocycles. The third-order valence-corrected chi connectivity index (χ3v) is 2.32. The van der Waals surface area contributed by atoms with E-state index in [1.807, 2.05) is 19.1 Å². The molecule has 0 aliphatic rings. The Balaban J connectivity index is 2.35. The molecule has 0 bridgehead atoms. The Morgan fingerprint density at radius 1 is 1.28 bits per heavy atom. The van der Waals surface area contributed by atoms with Gasteiger partial charge >= 0.3 is 0 Å². The number of ether oxygens (including phenoxy) is 1. The summed E-state index contributed by atoms with van der Waals surface area (Å²) in [6.45, 7) is 2.78. The van der Waals surface area contributed by atoms with Crippen LogP contribution in [-0.4, -0.2) is 38.6 Å².